The summed E-state index contributed by atoms with van der Waals surface area (Å²) >= 11 is 3.47. The molecule has 1 heterocycles. The molecule has 240 valence electrons. The molecule has 5 atom stereocenters. The highest BCUT2D eigenvalue weighted by atomic mass is 79.9. The summed E-state index contributed by atoms with van der Waals surface area (Å²) in [6.07, 6.45) is -4.96. The van der Waals surface area contributed by atoms with Gasteiger partial charge in [0.15, 0.2) is 12.2 Å². The van der Waals surface area contributed by atoms with Crippen LogP contribution in [0.5, 0.6) is 5.75 Å². The third-order valence-corrected chi connectivity index (χ3v) is 7.64. The van der Waals surface area contributed by atoms with Crippen LogP contribution in [0, 0.1) is 0 Å². The average Bonchev–Trinajstić information content (AvgIpc) is 2.94. The van der Waals surface area contributed by atoms with E-state index in [2.05, 4.69) is 29.8 Å². The summed E-state index contributed by atoms with van der Waals surface area (Å²) in [7, 11) is 2.81. The minimum absolute atomic E-state index is 0.0947. The van der Waals surface area contributed by atoms with Crippen LogP contribution in [0.4, 0.5) is 0 Å². The summed E-state index contributed by atoms with van der Waals surface area (Å²) < 4.78 is 41.6. The van der Waals surface area contributed by atoms with Gasteiger partial charge in [-0.1, -0.05) is 41.9 Å². The van der Waals surface area contributed by atoms with Gasteiger partial charge >= 0.3 is 23.9 Å². The SMILES string of the molecule is COc1cc(C(C)C)c(Cc2ccc(Br)cc2)cc1[C@]1(OC)O[C@H](COC(C)=O)[C@@H](OC(C)=O)[C@H](OC(C)=O)[C@H]1OC(C)=O. The minimum Gasteiger partial charge on any atom is -0.496 e. The van der Waals surface area contributed by atoms with E-state index in [0.29, 0.717) is 17.7 Å². The van der Waals surface area contributed by atoms with Gasteiger partial charge in [-0.05, 0) is 53.3 Å². The maximum absolute atomic E-state index is 12.6. The number of methoxy groups -OCH3 is 2. The maximum Gasteiger partial charge on any atom is 0.303 e. The van der Waals surface area contributed by atoms with E-state index in [1.807, 2.05) is 36.4 Å². The van der Waals surface area contributed by atoms with Crippen molar-refractivity contribution in [1.29, 1.82) is 0 Å². The number of benzene rings is 2. The molecule has 0 radical (unpaired) electrons. The topological polar surface area (TPSA) is 133 Å². The summed E-state index contributed by atoms with van der Waals surface area (Å²) in [5.74, 6) is -4.40. The van der Waals surface area contributed by atoms with Crippen LogP contribution in [0.2, 0.25) is 0 Å². The Bertz CT molecular complexity index is 1360. The first kappa shape index (κ1) is 35.0. The van der Waals surface area contributed by atoms with Crippen molar-refractivity contribution in [3.8, 4) is 5.75 Å². The molecule has 0 amide bonds. The molecule has 0 saturated carbocycles. The van der Waals surface area contributed by atoms with Crippen LogP contribution in [-0.2, 0) is 59.8 Å². The van der Waals surface area contributed by atoms with E-state index >= 15 is 0 Å². The molecule has 44 heavy (non-hydrogen) atoms. The Morgan fingerprint density at radius 1 is 0.864 bits per heavy atom. The zero-order valence-electron chi connectivity index (χ0n) is 26.1. The van der Waals surface area contributed by atoms with Crippen molar-refractivity contribution in [2.45, 2.75) is 84.1 Å². The number of hydrogen-bond donors (Lipinski definition) is 0. The number of carbonyl (C=O) groups is 4. The normalized spacial score (nSPS) is 23.0. The van der Waals surface area contributed by atoms with E-state index in [4.69, 9.17) is 33.2 Å². The van der Waals surface area contributed by atoms with E-state index in [1.54, 1.807) is 0 Å². The molecule has 2 aromatic rings. The second-order valence-electron chi connectivity index (χ2n) is 10.7. The lowest BCUT2D eigenvalue weighted by atomic mass is 9.83. The fourth-order valence-corrected chi connectivity index (χ4v) is 5.62. The number of halogens is 1. The molecule has 1 aliphatic rings. The van der Waals surface area contributed by atoms with Crippen LogP contribution >= 0.6 is 15.9 Å². The number of hydrogen-bond acceptors (Lipinski definition) is 11. The van der Waals surface area contributed by atoms with Crippen LogP contribution in [0.25, 0.3) is 0 Å². The fraction of sp³-hybridized carbons (Fsp3) is 0.500. The summed E-state index contributed by atoms with van der Waals surface area (Å²) in [5.41, 5.74) is 3.24. The first-order chi connectivity index (χ1) is 20.7. The van der Waals surface area contributed by atoms with Gasteiger partial charge < -0.3 is 33.2 Å². The lowest BCUT2D eigenvalue weighted by molar-refractivity contribution is -0.368. The molecule has 0 aliphatic carbocycles. The van der Waals surface area contributed by atoms with Crippen molar-refractivity contribution in [1.82, 2.24) is 0 Å². The van der Waals surface area contributed by atoms with E-state index in [0.717, 1.165) is 35.0 Å². The highest BCUT2D eigenvalue weighted by Gasteiger charge is 2.62. The predicted molar refractivity (Wildman–Crippen MR) is 161 cm³/mol. The first-order valence-electron chi connectivity index (χ1n) is 14.1. The average molecular weight is 680 g/mol. The molecule has 0 aromatic heterocycles. The second-order valence-corrected chi connectivity index (χ2v) is 11.6. The summed E-state index contributed by atoms with van der Waals surface area (Å²) in [6.45, 7) is 8.42. The third kappa shape index (κ3) is 8.16. The van der Waals surface area contributed by atoms with Crippen LogP contribution in [-0.4, -0.2) is 69.1 Å². The van der Waals surface area contributed by atoms with Gasteiger partial charge in [0, 0.05) is 39.3 Å². The van der Waals surface area contributed by atoms with Gasteiger partial charge in [0.05, 0.1) is 12.7 Å². The smallest absolute Gasteiger partial charge is 0.303 e. The van der Waals surface area contributed by atoms with Gasteiger partial charge in [0.25, 0.3) is 0 Å². The zero-order chi connectivity index (χ0) is 32.8. The van der Waals surface area contributed by atoms with Crippen molar-refractivity contribution in [3.05, 3.63) is 63.1 Å². The zero-order valence-corrected chi connectivity index (χ0v) is 27.7. The molecular weight excluding hydrogens is 640 g/mol. The maximum atomic E-state index is 12.6. The second kappa shape index (κ2) is 15.0. The van der Waals surface area contributed by atoms with Crippen molar-refractivity contribution < 1.29 is 52.3 Å². The Hall–Kier alpha value is -3.48. The van der Waals surface area contributed by atoms with Crippen LogP contribution in [0.1, 0.15) is 69.7 Å². The first-order valence-corrected chi connectivity index (χ1v) is 14.8. The molecule has 0 spiro atoms. The molecule has 1 aliphatic heterocycles. The molecule has 12 heteroatoms. The molecule has 0 bridgehead atoms. The summed E-state index contributed by atoms with van der Waals surface area (Å²) in [6, 6.07) is 11.6. The molecule has 1 fully saturated rings. The van der Waals surface area contributed by atoms with Crippen molar-refractivity contribution in [2.24, 2.45) is 0 Å². The molecule has 3 rings (SSSR count). The highest BCUT2D eigenvalue weighted by Crippen LogP contribution is 2.47. The van der Waals surface area contributed by atoms with Crippen molar-refractivity contribution >= 4 is 39.8 Å². The van der Waals surface area contributed by atoms with Crippen LogP contribution in [0.15, 0.2) is 40.9 Å². The molecular formula is C32H39BrO11. The Kier molecular flexibility index (Phi) is 11.9. The Morgan fingerprint density at radius 2 is 1.45 bits per heavy atom. The molecule has 1 saturated heterocycles. The summed E-state index contributed by atoms with van der Waals surface area (Å²) in [5, 5.41) is 0. The highest BCUT2D eigenvalue weighted by molar-refractivity contribution is 9.10. The van der Waals surface area contributed by atoms with E-state index in [9.17, 15) is 19.2 Å². The molecule has 11 nitrogen and oxygen atoms in total. The van der Waals surface area contributed by atoms with Crippen molar-refractivity contribution in [2.75, 3.05) is 20.8 Å². The minimum atomic E-state index is -1.98. The third-order valence-electron chi connectivity index (χ3n) is 7.11. The predicted octanol–water partition coefficient (Wildman–Crippen LogP) is 4.73. The van der Waals surface area contributed by atoms with Gasteiger partial charge in [-0.2, -0.15) is 0 Å². The summed E-state index contributed by atoms with van der Waals surface area (Å²) in [4.78, 5) is 49.0. The standard InChI is InChI=1S/C32H39BrO11/c1-17(2)25-15-27(38-7)26(14-23(25)13-22-9-11-24(33)12-10-22)32(39-8)31(43-21(6)37)30(42-20(5)36)29(41-19(4)35)28(44-32)16-40-18(3)34/h9-12,14-15,17,28-31H,13,16H2,1-8H3/t28-,29-,30+,31-,32+/m1/s1. The monoisotopic (exact) mass is 678 g/mol. The van der Waals surface area contributed by atoms with Crippen molar-refractivity contribution in [3.63, 3.8) is 0 Å². The van der Waals surface area contributed by atoms with Gasteiger partial charge in [-0.3, -0.25) is 19.2 Å². The largest absolute Gasteiger partial charge is 0.496 e. The molecule has 0 N–H and O–H groups in total. The van der Waals surface area contributed by atoms with Gasteiger partial charge in [0.1, 0.15) is 18.5 Å². The fourth-order valence-electron chi connectivity index (χ4n) is 5.35. The number of esters is 4. The lowest BCUT2D eigenvalue weighted by Gasteiger charge is -2.50. The number of ether oxygens (including phenoxy) is 7. The van der Waals surface area contributed by atoms with Crippen LogP contribution in [0.3, 0.4) is 0 Å². The lowest BCUT2D eigenvalue weighted by Crippen LogP contribution is -2.67. The Morgan fingerprint density at radius 3 is 1.95 bits per heavy atom. The van der Waals surface area contributed by atoms with Gasteiger partial charge in [-0.15, -0.1) is 0 Å². The molecule has 2 aromatic carbocycles. The Labute approximate surface area is 265 Å². The quantitative estimate of drug-likeness (QED) is 0.241. The van der Waals surface area contributed by atoms with Gasteiger partial charge in [0.2, 0.25) is 11.9 Å². The molecule has 0 unspecified atom stereocenters. The van der Waals surface area contributed by atoms with Crippen LogP contribution < -0.4 is 4.74 Å². The number of rotatable bonds is 11. The Balaban J connectivity index is 2.34. The number of carbonyl (C=O) groups excluding carboxylic acids is 4. The van der Waals surface area contributed by atoms with E-state index in [1.165, 1.54) is 28.1 Å². The van der Waals surface area contributed by atoms with Gasteiger partial charge in [-0.25, -0.2) is 0 Å². The van der Waals surface area contributed by atoms with E-state index < -0.39 is 60.7 Å². The van der Waals surface area contributed by atoms with E-state index in [-0.39, 0.29) is 5.92 Å².